The number of hydrogen-bond acceptors (Lipinski definition) is 4. The predicted molar refractivity (Wildman–Crippen MR) is 52.1 cm³/mol. The third kappa shape index (κ3) is 1.26. The van der Waals surface area contributed by atoms with Crippen molar-refractivity contribution in [3.8, 4) is 0 Å². The van der Waals surface area contributed by atoms with Crippen molar-refractivity contribution in [2.24, 2.45) is 5.84 Å². The Bertz CT molecular complexity index is 413. The third-order valence-electron chi connectivity index (χ3n) is 1.81. The maximum atomic E-state index is 13.2. The first-order valence-corrected chi connectivity index (χ1v) is 4.56. The number of halogens is 1. The van der Waals surface area contributed by atoms with Gasteiger partial charge in [0.2, 0.25) is 0 Å². The third-order valence-corrected chi connectivity index (χ3v) is 2.94. The molecule has 3 N–H and O–H groups in total. The van der Waals surface area contributed by atoms with Crippen LogP contribution in [0.15, 0.2) is 12.1 Å². The predicted octanol–water partition coefficient (Wildman–Crippen LogP) is 2.03. The number of rotatable bonds is 1. The summed E-state index contributed by atoms with van der Waals surface area (Å²) in [6, 6.07) is 3.15. The number of nitrogen functional groups attached to an aromatic ring is 1. The van der Waals surface area contributed by atoms with Crippen molar-refractivity contribution in [2.75, 3.05) is 5.43 Å². The Hall–Kier alpha value is -1.20. The van der Waals surface area contributed by atoms with E-state index in [1.165, 1.54) is 17.4 Å². The second kappa shape index (κ2) is 2.93. The van der Waals surface area contributed by atoms with Gasteiger partial charge in [-0.1, -0.05) is 17.4 Å². The van der Waals surface area contributed by atoms with Crippen LogP contribution in [0.5, 0.6) is 0 Å². The highest BCUT2D eigenvalue weighted by Crippen LogP contribution is 2.29. The molecular formula is C8H8FN3S. The van der Waals surface area contributed by atoms with Crippen LogP contribution in [0.25, 0.3) is 10.2 Å². The van der Waals surface area contributed by atoms with Crippen molar-refractivity contribution < 1.29 is 4.39 Å². The molecule has 1 aromatic carbocycles. The molecule has 0 aliphatic rings. The van der Waals surface area contributed by atoms with Crippen molar-refractivity contribution in [3.05, 3.63) is 23.5 Å². The Morgan fingerprint density at radius 1 is 1.54 bits per heavy atom. The van der Waals surface area contributed by atoms with E-state index in [1.807, 2.05) is 6.92 Å². The first kappa shape index (κ1) is 8.40. The molecule has 0 radical (unpaired) electrons. The molecule has 1 heterocycles. The average molecular weight is 197 g/mol. The van der Waals surface area contributed by atoms with Crippen LogP contribution in [-0.2, 0) is 0 Å². The summed E-state index contributed by atoms with van der Waals surface area (Å²) >= 11 is 1.35. The van der Waals surface area contributed by atoms with E-state index in [9.17, 15) is 4.39 Å². The number of aromatic nitrogens is 1. The van der Waals surface area contributed by atoms with Gasteiger partial charge >= 0.3 is 0 Å². The van der Waals surface area contributed by atoms with E-state index in [1.54, 1.807) is 6.07 Å². The topological polar surface area (TPSA) is 50.9 Å². The summed E-state index contributed by atoms with van der Waals surface area (Å²) in [7, 11) is 0. The van der Waals surface area contributed by atoms with E-state index in [4.69, 9.17) is 5.84 Å². The van der Waals surface area contributed by atoms with Crippen LogP contribution < -0.4 is 11.3 Å². The van der Waals surface area contributed by atoms with Gasteiger partial charge < -0.3 is 0 Å². The summed E-state index contributed by atoms with van der Waals surface area (Å²) in [6.07, 6.45) is 0. The lowest BCUT2D eigenvalue weighted by atomic mass is 10.2. The summed E-state index contributed by atoms with van der Waals surface area (Å²) in [5.74, 6) is 4.88. The molecule has 0 aliphatic heterocycles. The quantitative estimate of drug-likeness (QED) is 0.543. The zero-order valence-electron chi connectivity index (χ0n) is 6.97. The van der Waals surface area contributed by atoms with Crippen molar-refractivity contribution in [1.82, 2.24) is 4.98 Å². The lowest BCUT2D eigenvalue weighted by molar-refractivity contribution is 0.637. The van der Waals surface area contributed by atoms with Crippen LogP contribution in [0.2, 0.25) is 0 Å². The molecule has 2 aromatic rings. The largest absolute Gasteiger partial charge is 0.300 e. The molecule has 5 heteroatoms. The molecule has 0 bridgehead atoms. The van der Waals surface area contributed by atoms with Gasteiger partial charge in [0.15, 0.2) is 5.13 Å². The first-order chi connectivity index (χ1) is 6.22. The summed E-state index contributed by atoms with van der Waals surface area (Å²) in [5.41, 5.74) is 3.81. The average Bonchev–Trinajstić information content (AvgIpc) is 2.56. The van der Waals surface area contributed by atoms with Gasteiger partial charge in [0, 0.05) is 0 Å². The van der Waals surface area contributed by atoms with E-state index in [0.29, 0.717) is 10.6 Å². The SMILES string of the molecule is Cc1ccc(F)c2nc(NN)sc12. The maximum absolute atomic E-state index is 13.2. The summed E-state index contributed by atoms with van der Waals surface area (Å²) in [6.45, 7) is 1.92. The number of anilines is 1. The molecule has 3 nitrogen and oxygen atoms in total. The molecule has 0 spiro atoms. The zero-order valence-corrected chi connectivity index (χ0v) is 7.78. The highest BCUT2D eigenvalue weighted by atomic mass is 32.1. The molecule has 0 amide bonds. The molecule has 13 heavy (non-hydrogen) atoms. The normalized spacial score (nSPS) is 10.7. The lowest BCUT2D eigenvalue weighted by Crippen LogP contribution is -2.05. The van der Waals surface area contributed by atoms with Gasteiger partial charge in [-0.05, 0) is 18.6 Å². The molecule has 0 saturated carbocycles. The molecule has 1 aromatic heterocycles. The Labute approximate surface area is 78.4 Å². The van der Waals surface area contributed by atoms with Crippen LogP contribution in [0, 0.1) is 12.7 Å². The standard InChI is InChI=1S/C8H8FN3S/c1-4-2-3-5(9)6-7(4)13-8(11-6)12-10/h2-3H,10H2,1H3,(H,11,12). The number of benzene rings is 1. The number of nitrogens with zero attached hydrogens (tertiary/aromatic N) is 1. The monoisotopic (exact) mass is 197 g/mol. The highest BCUT2D eigenvalue weighted by Gasteiger charge is 2.09. The molecule has 68 valence electrons. The Morgan fingerprint density at radius 3 is 2.92 bits per heavy atom. The first-order valence-electron chi connectivity index (χ1n) is 3.74. The van der Waals surface area contributed by atoms with Crippen LogP contribution in [-0.4, -0.2) is 4.98 Å². The fourth-order valence-electron chi connectivity index (χ4n) is 1.16. The van der Waals surface area contributed by atoms with Gasteiger partial charge in [-0.15, -0.1) is 0 Å². The van der Waals surface area contributed by atoms with E-state index in [-0.39, 0.29) is 5.82 Å². The molecular weight excluding hydrogens is 189 g/mol. The Balaban J connectivity index is 2.80. The fourth-order valence-corrected chi connectivity index (χ4v) is 2.02. The molecule has 0 aliphatic carbocycles. The van der Waals surface area contributed by atoms with Crippen LogP contribution in [0.1, 0.15) is 5.56 Å². The van der Waals surface area contributed by atoms with Gasteiger partial charge in [-0.2, -0.15) is 0 Å². The molecule has 0 fully saturated rings. The van der Waals surface area contributed by atoms with Crippen molar-refractivity contribution in [3.63, 3.8) is 0 Å². The molecule has 0 saturated heterocycles. The minimum absolute atomic E-state index is 0.307. The maximum Gasteiger partial charge on any atom is 0.198 e. The van der Waals surface area contributed by atoms with Gasteiger partial charge in [0.1, 0.15) is 11.3 Å². The van der Waals surface area contributed by atoms with Gasteiger partial charge in [0.25, 0.3) is 0 Å². The van der Waals surface area contributed by atoms with Crippen LogP contribution >= 0.6 is 11.3 Å². The number of nitrogens with one attached hydrogen (secondary N) is 1. The number of fused-ring (bicyclic) bond motifs is 1. The zero-order chi connectivity index (χ0) is 9.42. The minimum Gasteiger partial charge on any atom is -0.300 e. The van der Waals surface area contributed by atoms with Crippen molar-refractivity contribution in [1.29, 1.82) is 0 Å². The number of hydrazine groups is 1. The van der Waals surface area contributed by atoms with Gasteiger partial charge in [-0.25, -0.2) is 15.2 Å². The molecule has 0 unspecified atom stereocenters. The highest BCUT2D eigenvalue weighted by molar-refractivity contribution is 7.22. The van der Waals surface area contributed by atoms with Gasteiger partial charge in [0.05, 0.1) is 4.70 Å². The fraction of sp³-hybridized carbons (Fsp3) is 0.125. The minimum atomic E-state index is -0.307. The van der Waals surface area contributed by atoms with Crippen LogP contribution in [0.4, 0.5) is 9.52 Å². The lowest BCUT2D eigenvalue weighted by Gasteiger charge is -1.93. The summed E-state index contributed by atoms with van der Waals surface area (Å²) in [5, 5.41) is 0.531. The van der Waals surface area contributed by atoms with E-state index in [2.05, 4.69) is 10.4 Å². The number of thiazole rings is 1. The van der Waals surface area contributed by atoms with Crippen molar-refractivity contribution >= 4 is 26.7 Å². The smallest absolute Gasteiger partial charge is 0.198 e. The number of hydrogen-bond donors (Lipinski definition) is 2. The van der Waals surface area contributed by atoms with Gasteiger partial charge in [-0.3, -0.25) is 5.43 Å². The number of nitrogens with two attached hydrogens (primary N) is 1. The van der Waals surface area contributed by atoms with E-state index >= 15 is 0 Å². The molecule has 2 rings (SSSR count). The van der Waals surface area contributed by atoms with E-state index in [0.717, 1.165) is 10.3 Å². The summed E-state index contributed by atoms with van der Waals surface area (Å²) < 4.78 is 14.0. The summed E-state index contributed by atoms with van der Waals surface area (Å²) in [4.78, 5) is 4.00. The molecule has 0 atom stereocenters. The Kier molecular flexibility index (Phi) is 1.90. The second-order valence-electron chi connectivity index (χ2n) is 2.71. The van der Waals surface area contributed by atoms with Crippen molar-refractivity contribution in [2.45, 2.75) is 6.92 Å². The van der Waals surface area contributed by atoms with Crippen LogP contribution in [0.3, 0.4) is 0 Å². The Morgan fingerprint density at radius 2 is 2.31 bits per heavy atom. The number of aryl methyl sites for hydroxylation is 1. The second-order valence-corrected chi connectivity index (χ2v) is 3.70. The van der Waals surface area contributed by atoms with E-state index < -0.39 is 0 Å².